The van der Waals surface area contributed by atoms with Crippen molar-refractivity contribution >= 4 is 23.1 Å². The number of ether oxygens (including phenoxy) is 1. The van der Waals surface area contributed by atoms with E-state index in [4.69, 9.17) is 4.74 Å². The Morgan fingerprint density at radius 1 is 1.19 bits per heavy atom. The van der Waals surface area contributed by atoms with Crippen LogP contribution < -0.4 is 4.74 Å². The lowest BCUT2D eigenvalue weighted by atomic mass is 9.84. The normalized spacial score (nSPS) is 22.2. The first-order chi connectivity index (χ1) is 15.0. The zero-order valence-electron chi connectivity index (χ0n) is 16.8. The third kappa shape index (κ3) is 4.01. The van der Waals surface area contributed by atoms with Gasteiger partial charge in [0.15, 0.2) is 5.82 Å². The molecule has 0 amide bonds. The predicted octanol–water partition coefficient (Wildman–Crippen LogP) is 4.57. The molecule has 2 atom stereocenters. The summed E-state index contributed by atoms with van der Waals surface area (Å²) in [4.78, 5) is 17.3. The third-order valence-electron chi connectivity index (χ3n) is 6.00. The second kappa shape index (κ2) is 7.96. The number of rotatable bonds is 4. The standard InChI is InChI=1S/C22H22F3N5O/c23-22(24,25)19-9-16-20(27-13-28-21(16)29-19)26-10-17-14(11-30-7-3-4-8-30)12-31-18-6-2-1-5-15(17)18/h1-2,5-6,9-10,13-14,17H,3-4,7-8,11-12H2,(H,27,28,29)/t14-,17?/m0/s1. The molecule has 5 rings (SSSR count). The molecule has 2 aliphatic heterocycles. The number of alkyl halides is 3. The summed E-state index contributed by atoms with van der Waals surface area (Å²) in [5.74, 6) is 1.23. The minimum absolute atomic E-state index is 0.0170. The van der Waals surface area contributed by atoms with Gasteiger partial charge in [-0.1, -0.05) is 18.2 Å². The number of nitrogens with one attached hydrogen (secondary N) is 1. The molecule has 1 N–H and O–H groups in total. The summed E-state index contributed by atoms with van der Waals surface area (Å²) in [6.45, 7) is 3.63. The highest BCUT2D eigenvalue weighted by molar-refractivity contribution is 5.88. The van der Waals surface area contributed by atoms with Gasteiger partial charge in [-0.25, -0.2) is 15.0 Å². The molecule has 1 fully saturated rings. The van der Waals surface area contributed by atoms with Crippen molar-refractivity contribution in [3.8, 4) is 5.75 Å². The quantitative estimate of drug-likeness (QED) is 0.617. The van der Waals surface area contributed by atoms with Crippen molar-refractivity contribution in [3.63, 3.8) is 0 Å². The van der Waals surface area contributed by atoms with Gasteiger partial charge in [0.2, 0.25) is 0 Å². The number of H-pyrrole nitrogens is 1. The largest absolute Gasteiger partial charge is 0.493 e. The lowest BCUT2D eigenvalue weighted by Gasteiger charge is -2.33. The summed E-state index contributed by atoms with van der Waals surface area (Å²) in [6.07, 6.45) is 0.964. The molecule has 0 spiro atoms. The van der Waals surface area contributed by atoms with Crippen molar-refractivity contribution in [1.82, 2.24) is 19.9 Å². The number of fused-ring (bicyclic) bond motifs is 2. The Morgan fingerprint density at radius 3 is 2.81 bits per heavy atom. The van der Waals surface area contributed by atoms with Crippen LogP contribution in [0.5, 0.6) is 5.75 Å². The highest BCUT2D eigenvalue weighted by Gasteiger charge is 2.34. The van der Waals surface area contributed by atoms with Crippen LogP contribution in [-0.4, -0.2) is 52.3 Å². The number of nitrogens with zero attached hydrogens (tertiary/aromatic N) is 4. The van der Waals surface area contributed by atoms with E-state index in [0.717, 1.165) is 37.0 Å². The first-order valence-electron chi connectivity index (χ1n) is 10.4. The molecule has 2 aromatic heterocycles. The highest BCUT2D eigenvalue weighted by atomic mass is 19.4. The molecule has 1 aromatic carbocycles. The van der Waals surface area contributed by atoms with E-state index in [0.29, 0.717) is 6.61 Å². The van der Waals surface area contributed by atoms with Gasteiger partial charge in [-0.15, -0.1) is 0 Å². The highest BCUT2D eigenvalue weighted by Crippen LogP contribution is 2.38. The van der Waals surface area contributed by atoms with Crippen molar-refractivity contribution in [3.05, 3.63) is 47.9 Å². The molecule has 4 heterocycles. The Kier molecular flexibility index (Phi) is 5.13. The van der Waals surface area contributed by atoms with Gasteiger partial charge < -0.3 is 14.6 Å². The minimum atomic E-state index is -4.48. The predicted molar refractivity (Wildman–Crippen MR) is 111 cm³/mol. The van der Waals surface area contributed by atoms with E-state index in [1.165, 1.54) is 19.2 Å². The molecule has 0 bridgehead atoms. The molecular weight excluding hydrogens is 407 g/mol. The monoisotopic (exact) mass is 429 g/mol. The maximum Gasteiger partial charge on any atom is 0.431 e. The van der Waals surface area contributed by atoms with Gasteiger partial charge in [0, 0.05) is 30.2 Å². The molecule has 9 heteroatoms. The average Bonchev–Trinajstić information content (AvgIpc) is 3.42. The van der Waals surface area contributed by atoms with Gasteiger partial charge in [-0.2, -0.15) is 13.2 Å². The van der Waals surface area contributed by atoms with Crippen molar-refractivity contribution in [2.24, 2.45) is 10.9 Å². The molecule has 2 aliphatic rings. The van der Waals surface area contributed by atoms with Crippen LogP contribution in [-0.2, 0) is 6.18 Å². The van der Waals surface area contributed by atoms with Crippen molar-refractivity contribution < 1.29 is 17.9 Å². The van der Waals surface area contributed by atoms with Crippen LogP contribution in [0.4, 0.5) is 19.0 Å². The fraction of sp³-hybridized carbons (Fsp3) is 0.409. The van der Waals surface area contributed by atoms with Crippen LogP contribution in [0.1, 0.15) is 30.0 Å². The van der Waals surface area contributed by atoms with E-state index in [2.05, 4.69) is 24.8 Å². The van der Waals surface area contributed by atoms with Crippen molar-refractivity contribution in [2.45, 2.75) is 24.9 Å². The summed E-state index contributed by atoms with van der Waals surface area (Å²) in [5, 5.41) is 0.252. The van der Waals surface area contributed by atoms with E-state index in [1.807, 2.05) is 30.5 Å². The van der Waals surface area contributed by atoms with Crippen LogP contribution >= 0.6 is 0 Å². The van der Waals surface area contributed by atoms with E-state index in [9.17, 15) is 13.2 Å². The molecular formula is C22H22F3N5O. The van der Waals surface area contributed by atoms with Gasteiger partial charge in [0.05, 0.1) is 12.0 Å². The zero-order chi connectivity index (χ0) is 21.4. The van der Waals surface area contributed by atoms with Crippen molar-refractivity contribution in [2.75, 3.05) is 26.2 Å². The van der Waals surface area contributed by atoms with Gasteiger partial charge in [0.25, 0.3) is 0 Å². The molecule has 3 aromatic rings. The lowest BCUT2D eigenvalue weighted by molar-refractivity contribution is -0.140. The number of likely N-dealkylation sites (tertiary alicyclic amines) is 1. The van der Waals surface area contributed by atoms with Gasteiger partial charge in [-0.3, -0.25) is 0 Å². The topological polar surface area (TPSA) is 66.4 Å². The third-order valence-corrected chi connectivity index (χ3v) is 6.00. The Labute approximate surface area is 177 Å². The first-order valence-corrected chi connectivity index (χ1v) is 10.4. The molecule has 6 nitrogen and oxygen atoms in total. The number of para-hydroxylation sites is 1. The average molecular weight is 429 g/mol. The van der Waals surface area contributed by atoms with Gasteiger partial charge >= 0.3 is 6.18 Å². The van der Waals surface area contributed by atoms with Crippen LogP contribution in [0, 0.1) is 5.92 Å². The zero-order valence-corrected chi connectivity index (χ0v) is 16.8. The van der Waals surface area contributed by atoms with E-state index >= 15 is 0 Å². The molecule has 31 heavy (non-hydrogen) atoms. The second-order valence-corrected chi connectivity index (χ2v) is 8.06. The van der Waals surface area contributed by atoms with Crippen molar-refractivity contribution in [1.29, 1.82) is 0 Å². The molecule has 1 saturated heterocycles. The fourth-order valence-electron chi connectivity index (χ4n) is 4.44. The van der Waals surface area contributed by atoms with Crippen LogP contribution in [0.2, 0.25) is 0 Å². The maximum atomic E-state index is 13.1. The summed E-state index contributed by atoms with van der Waals surface area (Å²) in [7, 11) is 0. The molecule has 0 saturated carbocycles. The lowest BCUT2D eigenvalue weighted by Crippen LogP contribution is -2.36. The minimum Gasteiger partial charge on any atom is -0.493 e. The van der Waals surface area contributed by atoms with E-state index in [-0.39, 0.29) is 28.7 Å². The number of aromatic nitrogens is 3. The number of aromatic amines is 1. The maximum absolute atomic E-state index is 13.1. The fourth-order valence-corrected chi connectivity index (χ4v) is 4.44. The van der Waals surface area contributed by atoms with Crippen LogP contribution in [0.15, 0.2) is 41.7 Å². The molecule has 1 unspecified atom stereocenters. The van der Waals surface area contributed by atoms with E-state index < -0.39 is 11.9 Å². The number of hydrogen-bond acceptors (Lipinski definition) is 5. The number of benzene rings is 1. The van der Waals surface area contributed by atoms with Gasteiger partial charge in [0.1, 0.15) is 23.4 Å². The van der Waals surface area contributed by atoms with E-state index in [1.54, 1.807) is 0 Å². The molecule has 0 radical (unpaired) electrons. The number of aliphatic imine (C=N–C) groups is 1. The molecule has 0 aliphatic carbocycles. The number of halogens is 3. The smallest absolute Gasteiger partial charge is 0.431 e. The van der Waals surface area contributed by atoms with Crippen LogP contribution in [0.25, 0.3) is 11.0 Å². The second-order valence-electron chi connectivity index (χ2n) is 8.06. The Hall–Kier alpha value is -2.94. The molecule has 162 valence electrons. The Bertz CT molecular complexity index is 1100. The summed E-state index contributed by atoms with van der Waals surface area (Å²) < 4.78 is 45.3. The summed E-state index contributed by atoms with van der Waals surface area (Å²) in [5.41, 5.74) is 0.301. The summed E-state index contributed by atoms with van der Waals surface area (Å²) in [6, 6.07) is 8.87. The Balaban J connectivity index is 1.49. The first kappa shape index (κ1) is 20.0. The van der Waals surface area contributed by atoms with Gasteiger partial charge in [-0.05, 0) is 38.1 Å². The SMILES string of the molecule is FC(F)(F)c1cc2c(N=CC3c4ccccc4OC[C@@H]3CN3CCCC3)ncnc2[nH]1. The Morgan fingerprint density at radius 2 is 2.00 bits per heavy atom. The summed E-state index contributed by atoms with van der Waals surface area (Å²) >= 11 is 0. The van der Waals surface area contributed by atoms with Crippen LogP contribution in [0.3, 0.4) is 0 Å². The number of hydrogen-bond donors (Lipinski definition) is 1.